The highest BCUT2D eigenvalue weighted by Crippen LogP contribution is 2.38. The summed E-state index contributed by atoms with van der Waals surface area (Å²) in [5.74, 6) is 0.287. The van der Waals surface area contributed by atoms with Gasteiger partial charge in [-0.3, -0.25) is 0 Å². The predicted octanol–water partition coefficient (Wildman–Crippen LogP) is 4.27. The Balaban J connectivity index is 2.07. The minimum absolute atomic E-state index is 0.0948. The fraction of sp³-hybridized carbons (Fsp3) is 0.222. The lowest BCUT2D eigenvalue weighted by atomic mass is 9.88. The Morgan fingerprint density at radius 3 is 2.47 bits per heavy atom. The quantitative estimate of drug-likeness (QED) is 0.723. The summed E-state index contributed by atoms with van der Waals surface area (Å²) in [4.78, 5) is 0. The van der Waals surface area contributed by atoms with Gasteiger partial charge in [-0.15, -0.1) is 0 Å². The first-order valence-corrected chi connectivity index (χ1v) is 6.72. The largest absolute Gasteiger partial charge is 0.376 e. The number of ether oxygens (including phenoxy) is 1. The summed E-state index contributed by atoms with van der Waals surface area (Å²) in [5.41, 5.74) is 3.98. The van der Waals surface area contributed by atoms with Gasteiger partial charge in [0.05, 0.1) is 6.10 Å². The highest BCUT2D eigenvalue weighted by Gasteiger charge is 2.25. The molecule has 2 aromatic rings. The fourth-order valence-corrected chi connectivity index (χ4v) is 2.87. The first-order chi connectivity index (χ1) is 9.40. The third-order valence-corrected chi connectivity index (χ3v) is 3.81. The number of benzene rings is 2. The van der Waals surface area contributed by atoms with Gasteiger partial charge in [-0.25, -0.2) is 0 Å². The zero-order valence-electron chi connectivity index (χ0n) is 11.1. The van der Waals surface area contributed by atoms with E-state index in [-0.39, 0.29) is 12.0 Å². The predicted molar refractivity (Wildman–Crippen MR) is 78.2 cm³/mol. The molecular formula is C18H18O. The minimum atomic E-state index is 0.0948. The average Bonchev–Trinajstić information content (AvgIpc) is 2.67. The van der Waals surface area contributed by atoms with Crippen molar-refractivity contribution < 1.29 is 4.74 Å². The molecule has 3 rings (SSSR count). The van der Waals surface area contributed by atoms with Crippen molar-refractivity contribution in [1.82, 2.24) is 0 Å². The normalized spacial score (nSPS) is 21.7. The standard InChI is InChI=1S/C18H18O/c1-19-18-16-12-6-5-10-15(16)11-7-13-17(18)14-8-3-2-4-9-14/h2-10,12-13,17-18H,11H2,1H3. The molecular weight excluding hydrogens is 232 g/mol. The van der Waals surface area contributed by atoms with Crippen LogP contribution in [0.5, 0.6) is 0 Å². The molecule has 1 aliphatic carbocycles. The number of allylic oxidation sites excluding steroid dienone is 1. The number of methoxy groups -OCH3 is 1. The summed E-state index contributed by atoms with van der Waals surface area (Å²) < 4.78 is 5.81. The van der Waals surface area contributed by atoms with E-state index in [1.165, 1.54) is 16.7 Å². The maximum atomic E-state index is 5.81. The lowest BCUT2D eigenvalue weighted by molar-refractivity contribution is 0.0911. The fourth-order valence-electron chi connectivity index (χ4n) is 2.87. The summed E-state index contributed by atoms with van der Waals surface area (Å²) in [6.07, 6.45) is 5.62. The topological polar surface area (TPSA) is 9.23 Å². The number of fused-ring (bicyclic) bond motifs is 1. The molecule has 0 saturated carbocycles. The van der Waals surface area contributed by atoms with Gasteiger partial charge in [0, 0.05) is 13.0 Å². The van der Waals surface area contributed by atoms with Crippen molar-refractivity contribution in [2.24, 2.45) is 0 Å². The molecule has 1 nitrogen and oxygen atoms in total. The van der Waals surface area contributed by atoms with E-state index in [4.69, 9.17) is 4.74 Å². The Labute approximate surface area is 114 Å². The van der Waals surface area contributed by atoms with Crippen LogP contribution in [0.15, 0.2) is 66.7 Å². The number of hydrogen-bond acceptors (Lipinski definition) is 1. The maximum absolute atomic E-state index is 5.81. The van der Waals surface area contributed by atoms with Gasteiger partial charge in [0.2, 0.25) is 0 Å². The molecule has 19 heavy (non-hydrogen) atoms. The lowest BCUT2D eigenvalue weighted by Crippen LogP contribution is -2.12. The lowest BCUT2D eigenvalue weighted by Gasteiger charge is -2.24. The molecule has 96 valence electrons. The Morgan fingerprint density at radius 2 is 1.68 bits per heavy atom. The molecule has 0 fully saturated rings. The SMILES string of the molecule is COC1c2ccccc2CC=CC1c1ccccc1. The Kier molecular flexibility index (Phi) is 3.47. The Morgan fingerprint density at radius 1 is 0.947 bits per heavy atom. The van der Waals surface area contributed by atoms with E-state index in [1.54, 1.807) is 7.11 Å². The Bertz CT molecular complexity index is 571. The van der Waals surface area contributed by atoms with Crippen molar-refractivity contribution in [2.45, 2.75) is 18.4 Å². The molecule has 1 heteroatoms. The van der Waals surface area contributed by atoms with Gasteiger partial charge in [-0.2, -0.15) is 0 Å². The summed E-state index contributed by atoms with van der Waals surface area (Å²) in [6, 6.07) is 19.2. The summed E-state index contributed by atoms with van der Waals surface area (Å²) in [5, 5.41) is 0. The van der Waals surface area contributed by atoms with Crippen molar-refractivity contribution in [1.29, 1.82) is 0 Å². The van der Waals surface area contributed by atoms with E-state index in [0.717, 1.165) is 6.42 Å². The molecule has 0 radical (unpaired) electrons. The van der Waals surface area contributed by atoms with Crippen LogP contribution in [0, 0.1) is 0 Å². The van der Waals surface area contributed by atoms with E-state index >= 15 is 0 Å². The van der Waals surface area contributed by atoms with Crippen LogP contribution in [-0.4, -0.2) is 7.11 Å². The van der Waals surface area contributed by atoms with E-state index in [1.807, 2.05) is 0 Å². The third-order valence-electron chi connectivity index (χ3n) is 3.81. The van der Waals surface area contributed by atoms with Crippen LogP contribution in [0.1, 0.15) is 28.7 Å². The molecule has 0 N–H and O–H groups in total. The smallest absolute Gasteiger partial charge is 0.0926 e. The number of hydrogen-bond donors (Lipinski definition) is 0. The molecule has 0 saturated heterocycles. The molecule has 2 aromatic carbocycles. The van der Waals surface area contributed by atoms with Crippen LogP contribution in [0.4, 0.5) is 0 Å². The van der Waals surface area contributed by atoms with Crippen molar-refractivity contribution in [3.63, 3.8) is 0 Å². The molecule has 0 bridgehead atoms. The maximum Gasteiger partial charge on any atom is 0.0926 e. The van der Waals surface area contributed by atoms with E-state index in [9.17, 15) is 0 Å². The van der Waals surface area contributed by atoms with E-state index in [2.05, 4.69) is 66.7 Å². The second-order valence-corrected chi connectivity index (χ2v) is 4.92. The van der Waals surface area contributed by atoms with Crippen LogP contribution in [-0.2, 0) is 11.2 Å². The third kappa shape index (κ3) is 2.34. The zero-order chi connectivity index (χ0) is 13.1. The van der Waals surface area contributed by atoms with E-state index in [0.29, 0.717) is 0 Å². The summed E-state index contributed by atoms with van der Waals surface area (Å²) >= 11 is 0. The molecule has 0 heterocycles. The minimum Gasteiger partial charge on any atom is -0.376 e. The van der Waals surface area contributed by atoms with Crippen molar-refractivity contribution in [2.75, 3.05) is 7.11 Å². The van der Waals surface area contributed by atoms with Gasteiger partial charge in [-0.05, 0) is 23.1 Å². The van der Waals surface area contributed by atoms with Gasteiger partial charge in [0.1, 0.15) is 0 Å². The van der Waals surface area contributed by atoms with E-state index < -0.39 is 0 Å². The summed E-state index contributed by atoms with van der Waals surface area (Å²) in [7, 11) is 1.80. The first kappa shape index (κ1) is 12.2. The molecule has 2 unspecified atom stereocenters. The molecule has 2 atom stereocenters. The zero-order valence-corrected chi connectivity index (χ0v) is 11.1. The molecule has 0 amide bonds. The molecule has 0 aromatic heterocycles. The van der Waals surface area contributed by atoms with Crippen LogP contribution in [0.3, 0.4) is 0 Å². The van der Waals surface area contributed by atoms with Crippen LogP contribution in [0.2, 0.25) is 0 Å². The van der Waals surface area contributed by atoms with Gasteiger partial charge < -0.3 is 4.74 Å². The van der Waals surface area contributed by atoms with Gasteiger partial charge in [0.15, 0.2) is 0 Å². The number of rotatable bonds is 2. The molecule has 0 aliphatic heterocycles. The van der Waals surface area contributed by atoms with Gasteiger partial charge >= 0.3 is 0 Å². The van der Waals surface area contributed by atoms with Crippen LogP contribution < -0.4 is 0 Å². The van der Waals surface area contributed by atoms with Crippen LogP contribution in [0.25, 0.3) is 0 Å². The first-order valence-electron chi connectivity index (χ1n) is 6.72. The van der Waals surface area contributed by atoms with Crippen molar-refractivity contribution >= 4 is 0 Å². The van der Waals surface area contributed by atoms with Crippen molar-refractivity contribution in [3.05, 3.63) is 83.4 Å². The Hall–Kier alpha value is -1.86. The van der Waals surface area contributed by atoms with Gasteiger partial charge in [0.25, 0.3) is 0 Å². The average molecular weight is 250 g/mol. The monoisotopic (exact) mass is 250 g/mol. The molecule has 0 spiro atoms. The highest BCUT2D eigenvalue weighted by atomic mass is 16.5. The van der Waals surface area contributed by atoms with Crippen molar-refractivity contribution in [3.8, 4) is 0 Å². The highest BCUT2D eigenvalue weighted by molar-refractivity contribution is 5.38. The second kappa shape index (κ2) is 5.41. The molecule has 1 aliphatic rings. The van der Waals surface area contributed by atoms with Crippen LogP contribution >= 0.6 is 0 Å². The second-order valence-electron chi connectivity index (χ2n) is 4.92. The summed E-state index contributed by atoms with van der Waals surface area (Å²) in [6.45, 7) is 0. The van der Waals surface area contributed by atoms with Gasteiger partial charge in [-0.1, -0.05) is 66.7 Å².